The van der Waals surface area contributed by atoms with Crippen molar-refractivity contribution in [3.05, 3.63) is 23.3 Å². The van der Waals surface area contributed by atoms with Crippen molar-refractivity contribution in [2.24, 2.45) is 0 Å². The summed E-state index contributed by atoms with van der Waals surface area (Å²) in [6, 6.07) is -0.0554. The molecule has 0 amide bonds. The maximum Gasteiger partial charge on any atom is 0.419 e. The van der Waals surface area contributed by atoms with E-state index in [-0.39, 0.29) is 12.1 Å². The van der Waals surface area contributed by atoms with Crippen LogP contribution in [0.2, 0.25) is 0 Å². The van der Waals surface area contributed by atoms with Gasteiger partial charge in [0.05, 0.1) is 11.3 Å². The van der Waals surface area contributed by atoms with Gasteiger partial charge in [-0.1, -0.05) is 0 Å². The molecule has 11 heteroatoms. The third kappa shape index (κ3) is 2.68. The maximum atomic E-state index is 13.4. The van der Waals surface area contributed by atoms with Gasteiger partial charge in [0, 0.05) is 5.56 Å². The molecule has 120 valence electrons. The average Bonchev–Trinajstić information content (AvgIpc) is 2.29. The largest absolute Gasteiger partial charge is 0.506 e. The topological polar surface area (TPSA) is 46.2 Å². The number of benzene rings is 1. The summed E-state index contributed by atoms with van der Waals surface area (Å²) in [7, 11) is 0. The number of nitrogen functional groups attached to an aromatic ring is 1. The minimum absolute atomic E-state index is 0.176. The van der Waals surface area contributed by atoms with Gasteiger partial charge in [0.1, 0.15) is 5.75 Å². The fourth-order valence-corrected chi connectivity index (χ4v) is 1.49. The molecule has 0 fully saturated rings. The van der Waals surface area contributed by atoms with Crippen LogP contribution in [0.25, 0.3) is 0 Å². The number of rotatable bonds is 3. The molecule has 0 aliphatic rings. The zero-order valence-corrected chi connectivity index (χ0v) is 9.66. The van der Waals surface area contributed by atoms with Gasteiger partial charge in [-0.3, -0.25) is 0 Å². The van der Waals surface area contributed by atoms with Crippen LogP contribution < -0.4 is 5.73 Å². The number of phenols is 1. The van der Waals surface area contributed by atoms with Crippen molar-refractivity contribution in [3.63, 3.8) is 0 Å². The fourth-order valence-electron chi connectivity index (χ4n) is 1.49. The van der Waals surface area contributed by atoms with Crippen LogP contribution in [-0.2, 0) is 12.1 Å². The first-order valence-electron chi connectivity index (χ1n) is 4.97. The molecule has 0 bridgehead atoms. The number of phenolic OH excluding ortho intramolecular Hbond substituents is 1. The van der Waals surface area contributed by atoms with Gasteiger partial charge >= 0.3 is 24.4 Å². The molecule has 1 aromatic carbocycles. The molecule has 1 rings (SSSR count). The van der Waals surface area contributed by atoms with Crippen molar-refractivity contribution in [3.8, 4) is 5.75 Å². The normalized spacial score (nSPS) is 13.8. The second kappa shape index (κ2) is 4.88. The van der Waals surface area contributed by atoms with Crippen molar-refractivity contribution in [2.45, 2.75) is 24.4 Å². The number of hydrogen-bond donors (Lipinski definition) is 2. The number of hydrogen-bond acceptors (Lipinski definition) is 2. The van der Waals surface area contributed by atoms with E-state index in [1.54, 1.807) is 0 Å². The highest BCUT2D eigenvalue weighted by Crippen LogP contribution is 2.52. The van der Waals surface area contributed by atoms with Gasteiger partial charge in [-0.2, -0.15) is 30.7 Å². The molecular weight excluding hydrogens is 321 g/mol. The van der Waals surface area contributed by atoms with E-state index in [4.69, 9.17) is 10.8 Å². The zero-order chi connectivity index (χ0) is 16.8. The summed E-state index contributed by atoms with van der Waals surface area (Å²) in [5, 5.41) is 8.96. The van der Waals surface area contributed by atoms with E-state index in [1.165, 1.54) is 0 Å². The minimum Gasteiger partial charge on any atom is -0.506 e. The van der Waals surface area contributed by atoms with Gasteiger partial charge in [-0.05, 0) is 12.1 Å². The molecule has 0 saturated heterocycles. The molecule has 1 aromatic rings. The Morgan fingerprint density at radius 2 is 1.43 bits per heavy atom. The van der Waals surface area contributed by atoms with Crippen LogP contribution in [0.1, 0.15) is 11.1 Å². The average molecular weight is 327 g/mol. The lowest BCUT2D eigenvalue weighted by Gasteiger charge is -2.28. The van der Waals surface area contributed by atoms with Gasteiger partial charge in [0.15, 0.2) is 0 Å². The smallest absolute Gasteiger partial charge is 0.419 e. The number of halogens is 9. The second-order valence-electron chi connectivity index (χ2n) is 3.92. The highest BCUT2D eigenvalue weighted by molar-refractivity contribution is 5.63. The van der Waals surface area contributed by atoms with E-state index in [2.05, 4.69) is 0 Å². The van der Waals surface area contributed by atoms with Crippen LogP contribution in [0.5, 0.6) is 5.75 Å². The highest BCUT2D eigenvalue weighted by atomic mass is 19.4. The molecule has 0 unspecified atom stereocenters. The van der Waals surface area contributed by atoms with Crippen LogP contribution in [0, 0.1) is 0 Å². The molecule has 0 aliphatic heterocycles. The molecule has 21 heavy (non-hydrogen) atoms. The quantitative estimate of drug-likeness (QED) is 0.501. The Labute approximate surface area is 111 Å². The second-order valence-corrected chi connectivity index (χ2v) is 3.92. The Bertz CT molecular complexity index is 538. The summed E-state index contributed by atoms with van der Waals surface area (Å²) in [6.07, 6.45) is -10.6. The summed E-state index contributed by atoms with van der Waals surface area (Å²) in [6.45, 7) is 0. The van der Waals surface area contributed by atoms with Crippen LogP contribution in [0.15, 0.2) is 12.1 Å². The van der Waals surface area contributed by atoms with Crippen molar-refractivity contribution in [1.82, 2.24) is 0 Å². The number of alkyl halides is 9. The van der Waals surface area contributed by atoms with Crippen LogP contribution in [-0.4, -0.2) is 17.5 Å². The molecule has 3 N–H and O–H groups in total. The Balaban J connectivity index is 3.69. The monoisotopic (exact) mass is 327 g/mol. The molecule has 0 radical (unpaired) electrons. The van der Waals surface area contributed by atoms with E-state index in [0.717, 1.165) is 0 Å². The Hall–Kier alpha value is -1.81. The van der Waals surface area contributed by atoms with E-state index < -0.39 is 47.0 Å². The van der Waals surface area contributed by atoms with Gasteiger partial charge in [0.25, 0.3) is 0 Å². The molecule has 2 nitrogen and oxygen atoms in total. The fraction of sp³-hybridized carbons (Fsp3) is 0.400. The lowest BCUT2D eigenvalue weighted by Crippen LogP contribution is -2.45. The minimum atomic E-state index is -6.06. The Kier molecular flexibility index (Phi) is 4.01. The molecule has 0 aliphatic carbocycles. The lowest BCUT2D eigenvalue weighted by molar-refractivity contribution is -0.272. The van der Waals surface area contributed by atoms with Crippen molar-refractivity contribution in [2.75, 3.05) is 5.73 Å². The van der Waals surface area contributed by atoms with E-state index in [0.29, 0.717) is 0 Å². The zero-order valence-electron chi connectivity index (χ0n) is 9.66. The Morgan fingerprint density at radius 3 is 1.81 bits per heavy atom. The van der Waals surface area contributed by atoms with Crippen LogP contribution in [0.3, 0.4) is 0 Å². The van der Waals surface area contributed by atoms with Gasteiger partial charge in [-0.25, -0.2) is 8.78 Å². The number of anilines is 1. The molecule has 0 aromatic heterocycles. The summed E-state index contributed by atoms with van der Waals surface area (Å²) in [5.41, 5.74) is -1.85. The lowest BCUT2D eigenvalue weighted by atomic mass is 9.94. The van der Waals surface area contributed by atoms with Crippen LogP contribution >= 0.6 is 0 Å². The summed E-state index contributed by atoms with van der Waals surface area (Å²) < 4.78 is 114. The molecule has 0 spiro atoms. The first-order valence-corrected chi connectivity index (χ1v) is 4.97. The summed E-state index contributed by atoms with van der Waals surface area (Å²) in [5.74, 6) is -13.2. The molecular formula is C10H6F9NO. The predicted octanol–water partition coefficient (Wildman–Crippen LogP) is 3.99. The third-order valence-corrected chi connectivity index (χ3v) is 2.54. The number of aromatic hydroxyl groups is 1. The van der Waals surface area contributed by atoms with Gasteiger partial charge < -0.3 is 10.8 Å². The summed E-state index contributed by atoms with van der Waals surface area (Å²) >= 11 is 0. The molecule has 0 heterocycles. The van der Waals surface area contributed by atoms with Gasteiger partial charge in [-0.15, -0.1) is 0 Å². The first-order chi connectivity index (χ1) is 9.24. The van der Waals surface area contributed by atoms with Gasteiger partial charge in [0.2, 0.25) is 0 Å². The predicted molar refractivity (Wildman–Crippen MR) is 52.4 cm³/mol. The standard InChI is InChI=1S/C10H6F9NO/c11-7(12)9(15,16)8(13,14)3-1-2-4(21)6(20)5(3)10(17,18)19/h1-2,7,21H,20H2. The van der Waals surface area contributed by atoms with Crippen molar-refractivity contribution in [1.29, 1.82) is 0 Å². The van der Waals surface area contributed by atoms with Crippen LogP contribution in [0.4, 0.5) is 45.2 Å². The number of nitrogens with two attached hydrogens (primary N) is 1. The van der Waals surface area contributed by atoms with E-state index in [9.17, 15) is 39.5 Å². The summed E-state index contributed by atoms with van der Waals surface area (Å²) in [4.78, 5) is 0. The SMILES string of the molecule is Nc1c(O)ccc(C(F)(F)C(F)(F)C(F)F)c1C(F)(F)F. The molecule has 0 atom stereocenters. The highest BCUT2D eigenvalue weighted by Gasteiger charge is 2.65. The van der Waals surface area contributed by atoms with E-state index >= 15 is 0 Å². The van der Waals surface area contributed by atoms with Crippen molar-refractivity contribution < 1.29 is 44.6 Å². The Morgan fingerprint density at radius 1 is 0.952 bits per heavy atom. The van der Waals surface area contributed by atoms with E-state index in [1.807, 2.05) is 0 Å². The third-order valence-electron chi connectivity index (χ3n) is 2.54. The maximum absolute atomic E-state index is 13.4. The molecule has 0 saturated carbocycles. The first kappa shape index (κ1) is 17.2. The van der Waals surface area contributed by atoms with Crippen molar-refractivity contribution >= 4 is 5.69 Å².